The van der Waals surface area contributed by atoms with Gasteiger partial charge in [-0.15, -0.1) is 0 Å². The first-order valence-corrected chi connectivity index (χ1v) is 5.31. The molecule has 0 bridgehead atoms. The summed E-state index contributed by atoms with van der Waals surface area (Å²) in [6.07, 6.45) is 0.767. The normalized spacial score (nSPS) is 10.9. The van der Waals surface area contributed by atoms with Crippen LogP contribution in [0.4, 0.5) is 4.39 Å². The molecule has 0 saturated carbocycles. The fraction of sp³-hybridized carbons (Fsp3) is 0.182. The lowest BCUT2D eigenvalue weighted by Crippen LogP contribution is -1.90. The molecule has 0 spiro atoms. The molecule has 0 radical (unpaired) electrons. The summed E-state index contributed by atoms with van der Waals surface area (Å²) in [6, 6.07) is 4.32. The minimum absolute atomic E-state index is 0.294. The van der Waals surface area contributed by atoms with Crippen LogP contribution in [0.25, 0.3) is 10.9 Å². The molecule has 0 aliphatic carbocycles. The molecule has 1 heterocycles. The molecule has 0 atom stereocenters. The van der Waals surface area contributed by atoms with Crippen molar-refractivity contribution in [3.05, 3.63) is 39.8 Å². The Morgan fingerprint density at radius 1 is 1.20 bits per heavy atom. The van der Waals surface area contributed by atoms with E-state index in [4.69, 9.17) is 23.2 Å². The maximum Gasteiger partial charge on any atom is 0.125 e. The van der Waals surface area contributed by atoms with Crippen LogP contribution < -0.4 is 0 Å². The molecule has 2 rings (SSSR count). The van der Waals surface area contributed by atoms with Gasteiger partial charge >= 0.3 is 0 Å². The summed E-state index contributed by atoms with van der Waals surface area (Å²) in [7, 11) is 0. The molecule has 1 aromatic heterocycles. The maximum absolute atomic E-state index is 13.1. The number of aromatic nitrogens is 1. The second kappa shape index (κ2) is 3.95. The highest BCUT2D eigenvalue weighted by molar-refractivity contribution is 6.39. The van der Waals surface area contributed by atoms with Crippen molar-refractivity contribution in [2.45, 2.75) is 13.3 Å². The molecule has 0 unspecified atom stereocenters. The summed E-state index contributed by atoms with van der Waals surface area (Å²) in [5.41, 5.74) is 1.41. The van der Waals surface area contributed by atoms with Gasteiger partial charge in [-0.2, -0.15) is 0 Å². The standard InChI is InChI=1S/C11H8Cl2FN/c1-2-7-5-9(12)8-3-6(14)4-10(13)11(8)15-7/h3-5H,2H2,1H3. The highest BCUT2D eigenvalue weighted by Crippen LogP contribution is 2.29. The SMILES string of the molecule is CCc1cc(Cl)c2cc(F)cc(Cl)c2n1. The average Bonchev–Trinajstić information content (AvgIpc) is 2.19. The summed E-state index contributed by atoms with van der Waals surface area (Å²) in [6.45, 7) is 1.97. The van der Waals surface area contributed by atoms with Crippen LogP contribution in [0.1, 0.15) is 12.6 Å². The topological polar surface area (TPSA) is 12.9 Å². The van der Waals surface area contributed by atoms with E-state index >= 15 is 0 Å². The number of rotatable bonds is 1. The zero-order valence-corrected chi connectivity index (χ0v) is 9.53. The lowest BCUT2D eigenvalue weighted by atomic mass is 10.2. The first-order valence-electron chi connectivity index (χ1n) is 4.56. The minimum Gasteiger partial charge on any atom is -0.251 e. The van der Waals surface area contributed by atoms with Crippen LogP contribution in [0, 0.1) is 5.82 Å². The lowest BCUT2D eigenvalue weighted by molar-refractivity contribution is 0.629. The number of pyridine rings is 1. The molecule has 1 nitrogen and oxygen atoms in total. The van der Waals surface area contributed by atoms with Gasteiger partial charge in [-0.1, -0.05) is 30.1 Å². The molecule has 0 saturated heterocycles. The fourth-order valence-corrected chi connectivity index (χ4v) is 1.96. The van der Waals surface area contributed by atoms with Gasteiger partial charge in [0.1, 0.15) is 5.82 Å². The van der Waals surface area contributed by atoms with Gasteiger partial charge in [-0.05, 0) is 24.6 Å². The second-order valence-electron chi connectivity index (χ2n) is 3.23. The van der Waals surface area contributed by atoms with Gasteiger partial charge in [-0.3, -0.25) is 4.98 Å². The van der Waals surface area contributed by atoms with Crippen LogP contribution in [0.3, 0.4) is 0 Å². The smallest absolute Gasteiger partial charge is 0.125 e. The summed E-state index contributed by atoms with van der Waals surface area (Å²) in [4.78, 5) is 4.31. The molecule has 4 heteroatoms. The first kappa shape index (κ1) is 10.7. The van der Waals surface area contributed by atoms with E-state index in [9.17, 15) is 4.39 Å². The van der Waals surface area contributed by atoms with Crippen LogP contribution in [0.2, 0.25) is 10.0 Å². The Bertz CT molecular complexity index is 525. The van der Waals surface area contributed by atoms with Crippen LogP contribution in [0.15, 0.2) is 18.2 Å². The highest BCUT2D eigenvalue weighted by atomic mass is 35.5. The third kappa shape index (κ3) is 1.92. The van der Waals surface area contributed by atoms with Crippen molar-refractivity contribution < 1.29 is 4.39 Å². The quantitative estimate of drug-likeness (QED) is 0.730. The van der Waals surface area contributed by atoms with E-state index in [1.54, 1.807) is 6.07 Å². The van der Waals surface area contributed by atoms with Gasteiger partial charge in [0, 0.05) is 11.1 Å². The summed E-state index contributed by atoms with van der Waals surface area (Å²) in [5, 5.41) is 1.33. The van der Waals surface area contributed by atoms with E-state index in [0.29, 0.717) is 20.9 Å². The molecule has 2 aromatic rings. The van der Waals surface area contributed by atoms with Gasteiger partial charge in [0.15, 0.2) is 0 Å². The number of nitrogens with zero attached hydrogens (tertiary/aromatic N) is 1. The predicted molar refractivity (Wildman–Crippen MR) is 61.1 cm³/mol. The Hall–Kier alpha value is -0.860. The van der Waals surface area contributed by atoms with E-state index in [1.165, 1.54) is 12.1 Å². The Labute approximate surface area is 96.8 Å². The van der Waals surface area contributed by atoms with E-state index in [-0.39, 0.29) is 0 Å². The van der Waals surface area contributed by atoms with Crippen molar-refractivity contribution in [3.8, 4) is 0 Å². The van der Waals surface area contributed by atoms with E-state index in [0.717, 1.165) is 12.1 Å². The molecule has 1 aromatic carbocycles. The lowest BCUT2D eigenvalue weighted by Gasteiger charge is -2.05. The zero-order valence-electron chi connectivity index (χ0n) is 8.02. The summed E-state index contributed by atoms with van der Waals surface area (Å²) >= 11 is 11.9. The van der Waals surface area contributed by atoms with E-state index in [1.807, 2.05) is 6.92 Å². The van der Waals surface area contributed by atoms with E-state index < -0.39 is 5.82 Å². The number of hydrogen-bond acceptors (Lipinski definition) is 1. The Kier molecular flexibility index (Phi) is 2.81. The number of benzene rings is 1. The molecule has 0 aliphatic rings. The monoisotopic (exact) mass is 243 g/mol. The van der Waals surface area contributed by atoms with E-state index in [2.05, 4.69) is 4.98 Å². The molecule has 0 N–H and O–H groups in total. The third-order valence-corrected chi connectivity index (χ3v) is 2.80. The third-order valence-electron chi connectivity index (χ3n) is 2.20. The van der Waals surface area contributed by atoms with Gasteiger partial charge in [0.05, 0.1) is 15.6 Å². The molecule has 78 valence electrons. The minimum atomic E-state index is -0.402. The maximum atomic E-state index is 13.1. The number of fused-ring (bicyclic) bond motifs is 1. The van der Waals surface area contributed by atoms with Crippen molar-refractivity contribution in [1.29, 1.82) is 0 Å². The molecular weight excluding hydrogens is 236 g/mol. The Morgan fingerprint density at radius 3 is 2.60 bits per heavy atom. The number of hydrogen-bond donors (Lipinski definition) is 0. The van der Waals surface area contributed by atoms with Crippen molar-refractivity contribution in [3.63, 3.8) is 0 Å². The second-order valence-corrected chi connectivity index (χ2v) is 4.05. The molecular formula is C11H8Cl2FN. The Morgan fingerprint density at radius 2 is 1.93 bits per heavy atom. The summed E-state index contributed by atoms with van der Waals surface area (Å²) < 4.78 is 13.1. The molecule has 15 heavy (non-hydrogen) atoms. The number of aryl methyl sites for hydroxylation is 1. The average molecular weight is 244 g/mol. The van der Waals surface area contributed by atoms with Crippen LogP contribution in [-0.2, 0) is 6.42 Å². The van der Waals surface area contributed by atoms with Gasteiger partial charge in [0.2, 0.25) is 0 Å². The van der Waals surface area contributed by atoms with Crippen molar-refractivity contribution in [1.82, 2.24) is 4.98 Å². The molecule has 0 amide bonds. The highest BCUT2D eigenvalue weighted by Gasteiger charge is 2.08. The van der Waals surface area contributed by atoms with Crippen molar-refractivity contribution in [2.24, 2.45) is 0 Å². The first-order chi connectivity index (χ1) is 7.11. The van der Waals surface area contributed by atoms with Crippen LogP contribution in [-0.4, -0.2) is 4.98 Å². The van der Waals surface area contributed by atoms with Gasteiger partial charge in [0.25, 0.3) is 0 Å². The molecule has 0 fully saturated rings. The fourth-order valence-electron chi connectivity index (χ4n) is 1.44. The Balaban J connectivity index is 2.85. The van der Waals surface area contributed by atoms with Crippen molar-refractivity contribution >= 4 is 34.1 Å². The predicted octanol–water partition coefficient (Wildman–Crippen LogP) is 4.24. The van der Waals surface area contributed by atoms with Gasteiger partial charge < -0.3 is 0 Å². The van der Waals surface area contributed by atoms with Gasteiger partial charge in [-0.25, -0.2) is 4.39 Å². The van der Waals surface area contributed by atoms with Crippen LogP contribution in [0.5, 0.6) is 0 Å². The largest absolute Gasteiger partial charge is 0.251 e. The summed E-state index contributed by atoms with van der Waals surface area (Å²) in [5.74, 6) is -0.402. The zero-order chi connectivity index (χ0) is 11.0. The number of halogens is 3. The van der Waals surface area contributed by atoms with Crippen molar-refractivity contribution in [2.75, 3.05) is 0 Å². The molecule has 0 aliphatic heterocycles. The van der Waals surface area contributed by atoms with Crippen LogP contribution >= 0.6 is 23.2 Å².